The summed E-state index contributed by atoms with van der Waals surface area (Å²) in [4.78, 5) is 0.0957. The first-order valence-corrected chi connectivity index (χ1v) is 7.86. The molecule has 1 N–H and O–H groups in total. The van der Waals surface area contributed by atoms with E-state index in [-0.39, 0.29) is 21.8 Å². The molecule has 0 aliphatic heterocycles. The molecule has 1 fully saturated rings. The summed E-state index contributed by atoms with van der Waals surface area (Å²) in [5, 5.41) is 11.2. The van der Waals surface area contributed by atoms with Crippen molar-refractivity contribution in [3.8, 4) is 0 Å². The highest BCUT2D eigenvalue weighted by molar-refractivity contribution is 9.09. The van der Waals surface area contributed by atoms with Crippen LogP contribution in [0.5, 0.6) is 0 Å². The summed E-state index contributed by atoms with van der Waals surface area (Å²) >= 11 is 10.1. The van der Waals surface area contributed by atoms with Crippen LogP contribution >= 0.6 is 27.5 Å². The van der Waals surface area contributed by atoms with Crippen LogP contribution in [0.2, 0.25) is 0 Å². The fourth-order valence-corrected chi connectivity index (χ4v) is 4.59. The van der Waals surface area contributed by atoms with Gasteiger partial charge in [0.15, 0.2) is 0 Å². The molecule has 0 bridgehead atoms. The van der Waals surface area contributed by atoms with Gasteiger partial charge in [-0.05, 0) is 38.0 Å². The summed E-state index contributed by atoms with van der Waals surface area (Å²) in [6.45, 7) is 10.8. The van der Waals surface area contributed by atoms with Crippen LogP contribution in [0.25, 0.3) is 0 Å². The van der Waals surface area contributed by atoms with E-state index < -0.39 is 0 Å². The third kappa shape index (κ3) is 1.92. The van der Waals surface area contributed by atoms with E-state index in [9.17, 15) is 5.11 Å². The van der Waals surface area contributed by atoms with E-state index in [1.807, 2.05) is 0 Å². The van der Waals surface area contributed by atoms with Crippen molar-refractivity contribution in [2.75, 3.05) is 0 Å². The van der Waals surface area contributed by atoms with E-state index in [1.54, 1.807) is 0 Å². The molecule has 0 radical (unpaired) electrons. The van der Waals surface area contributed by atoms with Crippen molar-refractivity contribution < 1.29 is 5.11 Å². The van der Waals surface area contributed by atoms with Gasteiger partial charge in [0.2, 0.25) is 0 Å². The molecule has 1 nitrogen and oxygen atoms in total. The average molecular weight is 334 g/mol. The zero-order valence-corrected chi connectivity index (χ0v) is 13.7. The van der Waals surface area contributed by atoms with Crippen LogP contribution in [0.1, 0.15) is 46.5 Å². The van der Waals surface area contributed by atoms with Crippen molar-refractivity contribution in [3.63, 3.8) is 0 Å². The fraction of sp³-hybridized carbons (Fsp3) is 0.733. The van der Waals surface area contributed by atoms with Crippen LogP contribution in [-0.2, 0) is 0 Å². The van der Waals surface area contributed by atoms with Crippen molar-refractivity contribution in [1.82, 2.24) is 0 Å². The van der Waals surface area contributed by atoms with Gasteiger partial charge in [-0.2, -0.15) is 0 Å². The molecule has 3 atom stereocenters. The normalized spacial score (nSPS) is 40.4. The minimum Gasteiger partial charge on any atom is -0.392 e. The Morgan fingerprint density at radius 2 is 2.06 bits per heavy atom. The molecule has 2 aliphatic carbocycles. The third-order valence-electron chi connectivity index (χ3n) is 5.24. The molecule has 0 aromatic rings. The molecule has 2 aliphatic rings. The molecule has 18 heavy (non-hydrogen) atoms. The van der Waals surface area contributed by atoms with Gasteiger partial charge in [-0.1, -0.05) is 59.1 Å². The second kappa shape index (κ2) is 4.64. The Morgan fingerprint density at radius 1 is 1.44 bits per heavy atom. The largest absolute Gasteiger partial charge is 0.392 e. The predicted octanol–water partition coefficient (Wildman–Crippen LogP) is 4.78. The first-order valence-electron chi connectivity index (χ1n) is 6.57. The molecule has 102 valence electrons. The monoisotopic (exact) mass is 332 g/mol. The zero-order chi connectivity index (χ0) is 13.7. The molecule has 1 spiro atoms. The van der Waals surface area contributed by atoms with Crippen LogP contribution in [0.3, 0.4) is 0 Å². The number of alkyl halides is 1. The fourth-order valence-electron chi connectivity index (χ4n) is 3.64. The molecule has 0 aromatic carbocycles. The molecule has 1 saturated carbocycles. The number of hydrogen-bond donors (Lipinski definition) is 1. The Kier molecular flexibility index (Phi) is 3.77. The summed E-state index contributed by atoms with van der Waals surface area (Å²) < 4.78 is 0. The summed E-state index contributed by atoms with van der Waals surface area (Å²) in [5.41, 5.74) is 2.46. The van der Waals surface area contributed by atoms with Gasteiger partial charge in [-0.15, -0.1) is 0 Å². The van der Waals surface area contributed by atoms with Crippen LogP contribution in [0.4, 0.5) is 0 Å². The maximum Gasteiger partial charge on any atom is 0.0707 e. The van der Waals surface area contributed by atoms with Gasteiger partial charge in [0, 0.05) is 15.3 Å². The molecule has 0 amide bonds. The number of allylic oxidation sites excluding steroid dienone is 2. The Morgan fingerprint density at radius 3 is 2.61 bits per heavy atom. The van der Waals surface area contributed by atoms with Crippen molar-refractivity contribution in [3.05, 3.63) is 22.8 Å². The number of aliphatic hydroxyl groups is 1. The highest BCUT2D eigenvalue weighted by atomic mass is 79.9. The van der Waals surface area contributed by atoms with E-state index in [0.29, 0.717) is 6.42 Å². The lowest BCUT2D eigenvalue weighted by molar-refractivity contribution is 0.000421. The number of rotatable bonds is 0. The number of hydrogen-bond acceptors (Lipinski definition) is 1. The van der Waals surface area contributed by atoms with Crippen LogP contribution in [0.15, 0.2) is 22.8 Å². The van der Waals surface area contributed by atoms with E-state index in [2.05, 4.69) is 43.3 Å². The summed E-state index contributed by atoms with van der Waals surface area (Å²) in [6.07, 6.45) is 3.35. The number of halogens is 2. The second-order valence-corrected chi connectivity index (χ2v) is 7.89. The first kappa shape index (κ1) is 14.6. The van der Waals surface area contributed by atoms with Gasteiger partial charge in [0.1, 0.15) is 0 Å². The maximum absolute atomic E-state index is 10.2. The first-order chi connectivity index (χ1) is 8.22. The van der Waals surface area contributed by atoms with Gasteiger partial charge in [0.25, 0.3) is 0 Å². The molecule has 2 rings (SSSR count). The summed E-state index contributed by atoms with van der Waals surface area (Å²) in [7, 11) is 0. The van der Waals surface area contributed by atoms with Gasteiger partial charge in [-0.3, -0.25) is 0 Å². The lowest BCUT2D eigenvalue weighted by Gasteiger charge is -2.57. The van der Waals surface area contributed by atoms with Crippen molar-refractivity contribution >= 4 is 27.5 Å². The molecule has 3 heteroatoms. The topological polar surface area (TPSA) is 20.2 Å². The molecule has 0 unspecified atom stereocenters. The van der Waals surface area contributed by atoms with Gasteiger partial charge < -0.3 is 5.11 Å². The summed E-state index contributed by atoms with van der Waals surface area (Å²) in [6, 6.07) is 0. The SMILES string of the molecule is C=C1C[C@@H](O)[C@@H](Br)C(C)(C)[C@]12CCC(C)=C(Cl)C2. The zero-order valence-electron chi connectivity index (χ0n) is 11.4. The Labute approximate surface area is 123 Å². The van der Waals surface area contributed by atoms with Crippen LogP contribution in [0, 0.1) is 10.8 Å². The minimum absolute atomic E-state index is 0.0248. The smallest absolute Gasteiger partial charge is 0.0707 e. The highest BCUT2D eigenvalue weighted by Gasteiger charge is 2.56. The van der Waals surface area contributed by atoms with Crippen molar-refractivity contribution in [2.24, 2.45) is 10.8 Å². The van der Waals surface area contributed by atoms with Gasteiger partial charge >= 0.3 is 0 Å². The molecular formula is C15H22BrClO. The summed E-state index contributed by atoms with van der Waals surface area (Å²) in [5.74, 6) is 0. The Bertz CT molecular complexity index is 413. The maximum atomic E-state index is 10.2. The van der Waals surface area contributed by atoms with Crippen molar-refractivity contribution in [2.45, 2.75) is 57.4 Å². The highest BCUT2D eigenvalue weighted by Crippen LogP contribution is 2.62. The van der Waals surface area contributed by atoms with E-state index in [4.69, 9.17) is 11.6 Å². The second-order valence-electron chi connectivity index (χ2n) is 6.44. The lowest BCUT2D eigenvalue weighted by Crippen LogP contribution is -2.54. The standard InChI is InChI=1S/C15H22BrClO/c1-9-5-6-15(8-11(9)17)10(2)7-12(18)13(16)14(15,3)4/h12-13,18H,2,5-8H2,1,3-4H3/t12-,13-,15+/m1/s1. The van der Waals surface area contributed by atoms with E-state index >= 15 is 0 Å². The predicted molar refractivity (Wildman–Crippen MR) is 81.1 cm³/mol. The number of aliphatic hydroxyl groups excluding tert-OH is 1. The third-order valence-corrected chi connectivity index (χ3v) is 7.45. The van der Waals surface area contributed by atoms with Crippen LogP contribution < -0.4 is 0 Å². The molecule has 0 aromatic heterocycles. The molecular weight excluding hydrogens is 312 g/mol. The average Bonchev–Trinajstić information content (AvgIpc) is 2.29. The van der Waals surface area contributed by atoms with E-state index in [0.717, 1.165) is 24.3 Å². The molecule has 0 saturated heterocycles. The van der Waals surface area contributed by atoms with Crippen molar-refractivity contribution in [1.29, 1.82) is 0 Å². The van der Waals surface area contributed by atoms with Gasteiger partial charge in [-0.25, -0.2) is 0 Å². The minimum atomic E-state index is -0.344. The van der Waals surface area contributed by atoms with Crippen LogP contribution in [-0.4, -0.2) is 16.0 Å². The Hall–Kier alpha value is 0.210. The van der Waals surface area contributed by atoms with Gasteiger partial charge in [0.05, 0.1) is 6.10 Å². The Balaban J connectivity index is 2.45. The van der Waals surface area contributed by atoms with E-state index in [1.165, 1.54) is 11.1 Å². The lowest BCUT2D eigenvalue weighted by atomic mass is 9.50. The quantitative estimate of drug-likeness (QED) is 0.499. The molecule has 0 heterocycles.